The van der Waals surface area contributed by atoms with Crippen molar-refractivity contribution < 1.29 is 4.84 Å². The van der Waals surface area contributed by atoms with Crippen LogP contribution in [-0.2, 0) is 10.4 Å². The van der Waals surface area contributed by atoms with E-state index < -0.39 is 5.60 Å². The molecule has 2 nitrogen and oxygen atoms in total. The SMILES string of the molecule is Clc1ccc(C2C(=C3[C@H]4CCCC[C@@H]34)C(c3ccccc3)(c3ccccc3)ON2c2ccccc2)cc1. The van der Waals surface area contributed by atoms with E-state index in [4.69, 9.17) is 16.4 Å². The third-order valence-corrected chi connectivity index (χ3v) is 8.70. The Balaban J connectivity index is 1.55. The Kier molecular flexibility index (Phi) is 5.68. The van der Waals surface area contributed by atoms with Gasteiger partial charge in [0.1, 0.15) is 6.04 Å². The highest BCUT2D eigenvalue weighted by Gasteiger charge is 2.60. The van der Waals surface area contributed by atoms with Crippen LogP contribution in [0.1, 0.15) is 48.4 Å². The van der Waals surface area contributed by atoms with E-state index in [0.29, 0.717) is 11.8 Å². The lowest BCUT2D eigenvalue weighted by atomic mass is 9.75. The van der Waals surface area contributed by atoms with Gasteiger partial charge in [0.15, 0.2) is 5.60 Å². The first kappa shape index (κ1) is 22.8. The van der Waals surface area contributed by atoms with Crippen LogP contribution in [0.5, 0.6) is 0 Å². The summed E-state index contributed by atoms with van der Waals surface area (Å²) in [4.78, 5) is 7.37. The summed E-state index contributed by atoms with van der Waals surface area (Å²) < 4.78 is 0. The molecular weight excluding hydrogens is 474 g/mol. The van der Waals surface area contributed by atoms with Crippen LogP contribution in [-0.4, -0.2) is 0 Å². The van der Waals surface area contributed by atoms with Gasteiger partial charge in [0.25, 0.3) is 0 Å². The molecule has 0 aromatic heterocycles. The van der Waals surface area contributed by atoms with Crippen LogP contribution in [0, 0.1) is 11.8 Å². The second-order valence-electron chi connectivity index (χ2n) is 10.5. The molecule has 4 aromatic carbocycles. The van der Waals surface area contributed by atoms with Gasteiger partial charge in [-0.15, -0.1) is 0 Å². The molecule has 1 aliphatic heterocycles. The minimum absolute atomic E-state index is 0.0549. The van der Waals surface area contributed by atoms with Crippen molar-refractivity contribution in [2.75, 3.05) is 5.06 Å². The highest BCUT2D eigenvalue weighted by Crippen LogP contribution is 2.65. The number of halogens is 1. The molecule has 3 heteroatoms. The van der Waals surface area contributed by atoms with Gasteiger partial charge in [-0.05, 0) is 65.6 Å². The molecule has 184 valence electrons. The molecule has 2 saturated carbocycles. The van der Waals surface area contributed by atoms with Crippen LogP contribution < -0.4 is 5.06 Å². The van der Waals surface area contributed by atoms with Gasteiger partial charge < -0.3 is 0 Å². The molecule has 4 aromatic rings. The lowest BCUT2D eigenvalue weighted by molar-refractivity contribution is 0.0294. The zero-order valence-electron chi connectivity index (χ0n) is 20.8. The Hall–Kier alpha value is -3.33. The number of fused-ring (bicyclic) bond motifs is 1. The van der Waals surface area contributed by atoms with Gasteiger partial charge in [-0.1, -0.05) is 121 Å². The van der Waals surface area contributed by atoms with Crippen molar-refractivity contribution in [3.8, 4) is 0 Å². The largest absolute Gasteiger partial charge is 0.252 e. The molecule has 37 heavy (non-hydrogen) atoms. The molecule has 3 aliphatic rings. The highest BCUT2D eigenvalue weighted by molar-refractivity contribution is 6.30. The van der Waals surface area contributed by atoms with E-state index in [0.717, 1.165) is 10.7 Å². The molecular formula is C34H30ClNO. The first-order valence-electron chi connectivity index (χ1n) is 13.4. The number of hydrogen-bond donors (Lipinski definition) is 0. The molecule has 1 unspecified atom stereocenters. The summed E-state index contributed by atoms with van der Waals surface area (Å²) in [7, 11) is 0. The zero-order valence-corrected chi connectivity index (χ0v) is 21.5. The Labute approximate surface area is 224 Å². The summed E-state index contributed by atoms with van der Waals surface area (Å²) >= 11 is 6.37. The molecule has 7 rings (SSSR count). The van der Waals surface area contributed by atoms with E-state index in [9.17, 15) is 0 Å². The number of benzene rings is 4. The highest BCUT2D eigenvalue weighted by atomic mass is 35.5. The first-order chi connectivity index (χ1) is 18.3. The van der Waals surface area contributed by atoms with Crippen molar-refractivity contribution in [3.05, 3.63) is 148 Å². The number of nitrogens with zero attached hydrogens (tertiary/aromatic N) is 1. The van der Waals surface area contributed by atoms with Gasteiger partial charge in [-0.3, -0.25) is 4.84 Å². The Morgan fingerprint density at radius 2 is 1.16 bits per heavy atom. The fraction of sp³-hybridized carbons (Fsp3) is 0.235. The normalized spacial score (nSPS) is 26.1. The number of rotatable bonds is 4. The van der Waals surface area contributed by atoms with Crippen LogP contribution in [0.15, 0.2) is 126 Å². The smallest absolute Gasteiger partial charge is 0.170 e. The summed E-state index contributed by atoms with van der Waals surface area (Å²) in [6.45, 7) is 0. The van der Waals surface area contributed by atoms with Crippen molar-refractivity contribution in [2.45, 2.75) is 37.3 Å². The van der Waals surface area contributed by atoms with Gasteiger partial charge in [0, 0.05) is 10.6 Å². The Bertz CT molecular complexity index is 1360. The molecule has 2 aliphatic carbocycles. The minimum Gasteiger partial charge on any atom is -0.252 e. The fourth-order valence-electron chi connectivity index (χ4n) is 6.79. The lowest BCUT2D eigenvalue weighted by Gasteiger charge is -2.31. The van der Waals surface area contributed by atoms with Gasteiger partial charge in [0.05, 0.1) is 5.69 Å². The summed E-state index contributed by atoms with van der Waals surface area (Å²) in [5, 5.41) is 2.91. The average Bonchev–Trinajstić information content (AvgIpc) is 3.58. The molecule has 0 bridgehead atoms. The summed E-state index contributed by atoms with van der Waals surface area (Å²) in [6, 6.07) is 40.5. The standard InChI is InChI=1S/C34H30ClNO/c35-27-22-20-24(21-23-27)33-32(31-29-18-10-11-19-30(29)31)34(25-12-4-1-5-13-25,26-14-6-2-7-15-26)37-36(33)28-16-8-3-9-17-28/h1-9,12-17,20-23,29-30,33H,10-11,18-19H2/t29-,30+,33?. The Morgan fingerprint density at radius 1 is 0.649 bits per heavy atom. The van der Waals surface area contributed by atoms with Crippen molar-refractivity contribution in [2.24, 2.45) is 11.8 Å². The molecule has 1 saturated heterocycles. The maximum Gasteiger partial charge on any atom is 0.170 e. The maximum absolute atomic E-state index is 7.37. The number of para-hydroxylation sites is 1. The predicted octanol–water partition coefficient (Wildman–Crippen LogP) is 8.89. The van der Waals surface area contributed by atoms with Crippen LogP contribution in [0.3, 0.4) is 0 Å². The maximum atomic E-state index is 7.37. The number of anilines is 1. The molecule has 0 amide bonds. The summed E-state index contributed by atoms with van der Waals surface area (Å²) in [5.74, 6) is 1.31. The van der Waals surface area contributed by atoms with E-state index in [-0.39, 0.29) is 6.04 Å². The first-order valence-corrected chi connectivity index (χ1v) is 13.8. The van der Waals surface area contributed by atoms with Crippen molar-refractivity contribution >= 4 is 17.3 Å². The van der Waals surface area contributed by atoms with Gasteiger partial charge in [0.2, 0.25) is 0 Å². The minimum atomic E-state index is -0.713. The third kappa shape index (κ3) is 3.74. The predicted molar refractivity (Wildman–Crippen MR) is 150 cm³/mol. The fourth-order valence-corrected chi connectivity index (χ4v) is 6.92. The second kappa shape index (κ2) is 9.20. The number of allylic oxidation sites excluding steroid dienone is 1. The molecule has 1 heterocycles. The summed E-state index contributed by atoms with van der Waals surface area (Å²) in [5.41, 5.74) is 6.90. The molecule has 3 fully saturated rings. The van der Waals surface area contributed by atoms with E-state index in [1.165, 1.54) is 47.9 Å². The molecule has 0 N–H and O–H groups in total. The van der Waals surface area contributed by atoms with E-state index >= 15 is 0 Å². The van der Waals surface area contributed by atoms with Crippen LogP contribution in [0.4, 0.5) is 5.69 Å². The lowest BCUT2D eigenvalue weighted by Crippen LogP contribution is -2.31. The average molecular weight is 504 g/mol. The Morgan fingerprint density at radius 3 is 1.70 bits per heavy atom. The van der Waals surface area contributed by atoms with E-state index in [1.54, 1.807) is 5.57 Å². The van der Waals surface area contributed by atoms with E-state index in [2.05, 4.69) is 108 Å². The van der Waals surface area contributed by atoms with Crippen molar-refractivity contribution in [1.82, 2.24) is 0 Å². The van der Waals surface area contributed by atoms with Crippen molar-refractivity contribution in [3.63, 3.8) is 0 Å². The van der Waals surface area contributed by atoms with Gasteiger partial charge in [-0.25, -0.2) is 5.06 Å². The summed E-state index contributed by atoms with van der Waals surface area (Å²) in [6.07, 6.45) is 5.19. The van der Waals surface area contributed by atoms with Crippen molar-refractivity contribution in [1.29, 1.82) is 0 Å². The third-order valence-electron chi connectivity index (χ3n) is 8.45. The molecule has 0 radical (unpaired) electrons. The quantitative estimate of drug-likeness (QED) is 0.258. The zero-order chi connectivity index (χ0) is 24.8. The van der Waals surface area contributed by atoms with Crippen LogP contribution in [0.2, 0.25) is 5.02 Å². The second-order valence-corrected chi connectivity index (χ2v) is 10.9. The van der Waals surface area contributed by atoms with Crippen LogP contribution in [0.25, 0.3) is 0 Å². The van der Waals surface area contributed by atoms with Gasteiger partial charge >= 0.3 is 0 Å². The molecule has 0 spiro atoms. The number of hydroxylamine groups is 1. The molecule has 3 atom stereocenters. The topological polar surface area (TPSA) is 12.5 Å². The monoisotopic (exact) mass is 503 g/mol. The number of hydrogen-bond acceptors (Lipinski definition) is 2. The van der Waals surface area contributed by atoms with Gasteiger partial charge in [-0.2, -0.15) is 0 Å². The van der Waals surface area contributed by atoms with E-state index in [1.807, 2.05) is 12.1 Å². The van der Waals surface area contributed by atoms with Crippen LogP contribution >= 0.6 is 11.6 Å².